The number of benzene rings is 2. The molecule has 0 saturated carbocycles. The van der Waals surface area contributed by atoms with E-state index in [1.807, 2.05) is 24.3 Å². The second-order valence-corrected chi connectivity index (χ2v) is 5.69. The molecule has 0 aromatic heterocycles. The van der Waals surface area contributed by atoms with Crippen LogP contribution in [0, 0.1) is 0 Å². The van der Waals surface area contributed by atoms with Crippen molar-refractivity contribution in [3.63, 3.8) is 0 Å². The summed E-state index contributed by atoms with van der Waals surface area (Å²) in [5, 5.41) is 20.0. The molecule has 0 radical (unpaired) electrons. The number of phenolic OH excluding ortho intramolecular Hbond substituents is 2. The van der Waals surface area contributed by atoms with Crippen molar-refractivity contribution in [1.82, 2.24) is 0 Å². The Balaban J connectivity index is 2.86. The molecule has 2 heteroatoms. The molecule has 2 nitrogen and oxygen atoms in total. The van der Waals surface area contributed by atoms with Crippen molar-refractivity contribution in [3.8, 4) is 22.6 Å². The van der Waals surface area contributed by atoms with E-state index in [1.165, 1.54) is 33.4 Å². The Morgan fingerprint density at radius 2 is 0.773 bits per heavy atom. The van der Waals surface area contributed by atoms with Gasteiger partial charge in [-0.15, -0.1) is 0 Å². The third-order valence-corrected chi connectivity index (χ3v) is 4.35. The predicted octanol–water partition coefficient (Wildman–Crippen LogP) is 5.01. The van der Waals surface area contributed by atoms with E-state index in [1.54, 1.807) is 0 Å². The molecule has 0 atom stereocenters. The number of hydrogen-bond donors (Lipinski definition) is 2. The van der Waals surface area contributed by atoms with E-state index < -0.39 is 0 Å². The maximum absolute atomic E-state index is 9.98. The van der Waals surface area contributed by atoms with Gasteiger partial charge in [0.05, 0.1) is 0 Å². The number of aryl methyl sites for hydroxylation is 4. The maximum atomic E-state index is 9.98. The lowest BCUT2D eigenvalue weighted by Crippen LogP contribution is -2.01. The first-order chi connectivity index (χ1) is 10.5. The molecule has 0 bridgehead atoms. The largest absolute Gasteiger partial charge is 0.508 e. The highest BCUT2D eigenvalue weighted by Gasteiger charge is 2.17. The van der Waals surface area contributed by atoms with Crippen LogP contribution in [-0.2, 0) is 25.7 Å². The number of rotatable bonds is 5. The summed E-state index contributed by atoms with van der Waals surface area (Å²) in [5.74, 6) is 0.680. The number of aromatic hydroxyl groups is 2. The van der Waals surface area contributed by atoms with E-state index in [0.717, 1.165) is 25.7 Å². The Hall–Kier alpha value is -1.96. The molecule has 0 saturated heterocycles. The van der Waals surface area contributed by atoms with Crippen LogP contribution in [0.25, 0.3) is 11.1 Å². The van der Waals surface area contributed by atoms with Crippen LogP contribution in [0.2, 0.25) is 0 Å². The zero-order valence-electron chi connectivity index (χ0n) is 14.0. The molecule has 0 aliphatic rings. The third-order valence-electron chi connectivity index (χ3n) is 4.35. The topological polar surface area (TPSA) is 40.5 Å². The van der Waals surface area contributed by atoms with Gasteiger partial charge in [0.1, 0.15) is 11.5 Å². The van der Waals surface area contributed by atoms with E-state index in [0.29, 0.717) is 11.5 Å². The second kappa shape index (κ2) is 6.87. The average molecular weight is 298 g/mol. The molecule has 0 unspecified atom stereocenters. The zero-order chi connectivity index (χ0) is 16.3. The third kappa shape index (κ3) is 2.96. The lowest BCUT2D eigenvalue weighted by molar-refractivity contribution is 0.473. The minimum absolute atomic E-state index is 0.340. The summed E-state index contributed by atoms with van der Waals surface area (Å²) in [7, 11) is 0. The van der Waals surface area contributed by atoms with Crippen LogP contribution in [0.3, 0.4) is 0 Å². The van der Waals surface area contributed by atoms with Gasteiger partial charge in [-0.05, 0) is 83.3 Å². The molecular formula is C20H26O2. The van der Waals surface area contributed by atoms with Gasteiger partial charge in [0, 0.05) is 0 Å². The van der Waals surface area contributed by atoms with E-state index in [-0.39, 0.29) is 0 Å². The molecule has 2 N–H and O–H groups in total. The lowest BCUT2D eigenvalue weighted by atomic mass is 9.84. The maximum Gasteiger partial charge on any atom is 0.116 e. The van der Waals surface area contributed by atoms with Crippen molar-refractivity contribution in [2.24, 2.45) is 0 Å². The van der Waals surface area contributed by atoms with Gasteiger partial charge in [0.2, 0.25) is 0 Å². The molecule has 118 valence electrons. The summed E-state index contributed by atoms with van der Waals surface area (Å²) in [5.41, 5.74) is 7.19. The molecule has 0 spiro atoms. The van der Waals surface area contributed by atoms with Crippen LogP contribution in [0.15, 0.2) is 24.3 Å². The van der Waals surface area contributed by atoms with Crippen molar-refractivity contribution in [2.75, 3.05) is 0 Å². The van der Waals surface area contributed by atoms with E-state index in [9.17, 15) is 10.2 Å². The second-order valence-electron chi connectivity index (χ2n) is 5.69. The highest BCUT2D eigenvalue weighted by molar-refractivity contribution is 5.79. The van der Waals surface area contributed by atoms with Gasteiger partial charge in [-0.25, -0.2) is 0 Å². The van der Waals surface area contributed by atoms with Crippen molar-refractivity contribution in [1.29, 1.82) is 0 Å². The fourth-order valence-corrected chi connectivity index (χ4v) is 3.26. The van der Waals surface area contributed by atoms with E-state index in [4.69, 9.17) is 0 Å². The average Bonchev–Trinajstić information content (AvgIpc) is 2.53. The monoisotopic (exact) mass is 298 g/mol. The van der Waals surface area contributed by atoms with Gasteiger partial charge in [0.25, 0.3) is 0 Å². The van der Waals surface area contributed by atoms with Crippen LogP contribution in [0.1, 0.15) is 49.9 Å². The summed E-state index contributed by atoms with van der Waals surface area (Å²) in [6.45, 7) is 8.48. The minimum atomic E-state index is 0.340. The predicted molar refractivity (Wildman–Crippen MR) is 92.7 cm³/mol. The zero-order valence-corrected chi connectivity index (χ0v) is 14.0. The smallest absolute Gasteiger partial charge is 0.116 e. The van der Waals surface area contributed by atoms with E-state index in [2.05, 4.69) is 27.7 Å². The summed E-state index contributed by atoms with van der Waals surface area (Å²) in [4.78, 5) is 0. The Morgan fingerprint density at radius 1 is 0.545 bits per heavy atom. The van der Waals surface area contributed by atoms with Crippen molar-refractivity contribution >= 4 is 0 Å². The summed E-state index contributed by atoms with van der Waals surface area (Å²) in [6.07, 6.45) is 3.52. The number of phenols is 2. The highest BCUT2D eigenvalue weighted by Crippen LogP contribution is 2.38. The van der Waals surface area contributed by atoms with Gasteiger partial charge in [0.15, 0.2) is 0 Å². The van der Waals surface area contributed by atoms with Crippen LogP contribution in [-0.4, -0.2) is 10.2 Å². The molecule has 2 aromatic rings. The van der Waals surface area contributed by atoms with Crippen LogP contribution < -0.4 is 0 Å². The Bertz CT molecular complexity index is 562. The van der Waals surface area contributed by atoms with E-state index >= 15 is 0 Å². The molecule has 0 aliphatic carbocycles. The quantitative estimate of drug-likeness (QED) is 0.814. The standard InChI is InChI=1S/C20H26O2/c1-5-13-9-17(21)10-14(6-2)19(13)20-15(7-3)11-18(22)12-16(20)8-4/h9-12,21-22H,5-8H2,1-4H3. The van der Waals surface area contributed by atoms with Gasteiger partial charge in [-0.1, -0.05) is 27.7 Å². The van der Waals surface area contributed by atoms with Crippen molar-refractivity contribution in [2.45, 2.75) is 53.4 Å². The summed E-state index contributed by atoms with van der Waals surface area (Å²) < 4.78 is 0. The summed E-state index contributed by atoms with van der Waals surface area (Å²) in [6, 6.07) is 7.50. The molecular weight excluding hydrogens is 272 g/mol. The first-order valence-corrected chi connectivity index (χ1v) is 8.25. The molecule has 0 aliphatic heterocycles. The van der Waals surface area contributed by atoms with Gasteiger partial charge < -0.3 is 10.2 Å². The molecule has 0 amide bonds. The Kier molecular flexibility index (Phi) is 5.12. The Labute approximate surface area is 133 Å². The number of hydrogen-bond acceptors (Lipinski definition) is 2. The first kappa shape index (κ1) is 16.4. The van der Waals surface area contributed by atoms with Crippen LogP contribution >= 0.6 is 0 Å². The molecule has 0 heterocycles. The normalized spacial score (nSPS) is 10.9. The lowest BCUT2D eigenvalue weighted by Gasteiger charge is -2.20. The molecule has 0 fully saturated rings. The fourth-order valence-electron chi connectivity index (χ4n) is 3.26. The van der Waals surface area contributed by atoms with Crippen molar-refractivity contribution < 1.29 is 10.2 Å². The minimum Gasteiger partial charge on any atom is -0.508 e. The fraction of sp³-hybridized carbons (Fsp3) is 0.400. The van der Waals surface area contributed by atoms with Crippen molar-refractivity contribution in [3.05, 3.63) is 46.5 Å². The Morgan fingerprint density at radius 3 is 0.955 bits per heavy atom. The van der Waals surface area contributed by atoms with Gasteiger partial charge in [-0.2, -0.15) is 0 Å². The van der Waals surface area contributed by atoms with Gasteiger partial charge >= 0.3 is 0 Å². The van der Waals surface area contributed by atoms with Gasteiger partial charge in [-0.3, -0.25) is 0 Å². The van der Waals surface area contributed by atoms with Crippen LogP contribution in [0.4, 0.5) is 0 Å². The molecule has 22 heavy (non-hydrogen) atoms. The first-order valence-electron chi connectivity index (χ1n) is 8.25. The SMILES string of the molecule is CCc1cc(O)cc(CC)c1-c1c(CC)cc(O)cc1CC. The molecule has 2 aromatic carbocycles. The highest BCUT2D eigenvalue weighted by atomic mass is 16.3. The summed E-state index contributed by atoms with van der Waals surface area (Å²) >= 11 is 0. The molecule has 2 rings (SSSR count). The van der Waals surface area contributed by atoms with Crippen LogP contribution in [0.5, 0.6) is 11.5 Å².